The minimum Gasteiger partial charge on any atom is -0.440 e. The number of allylic oxidation sites excluding steroid dienone is 1. The van der Waals surface area contributed by atoms with E-state index in [1.807, 2.05) is 0 Å². The number of carbonyl (C=O) groups excluding carboxylic acids is 1. The molecule has 0 aliphatic carbocycles. The standard InChI is InChI=1S/C9H14F3NO2/c1-2-3-4-5-6-7(13)15-8(14)9(10,11)12/h2,7H,1,3-6,13H2. The van der Waals surface area contributed by atoms with E-state index in [-0.39, 0.29) is 6.42 Å². The molecule has 0 saturated carbocycles. The molecule has 3 nitrogen and oxygen atoms in total. The van der Waals surface area contributed by atoms with Gasteiger partial charge in [-0.3, -0.25) is 5.73 Å². The fraction of sp³-hybridized carbons (Fsp3) is 0.667. The summed E-state index contributed by atoms with van der Waals surface area (Å²) >= 11 is 0. The van der Waals surface area contributed by atoms with E-state index >= 15 is 0 Å². The predicted molar refractivity (Wildman–Crippen MR) is 48.8 cm³/mol. The van der Waals surface area contributed by atoms with E-state index in [4.69, 9.17) is 5.73 Å². The summed E-state index contributed by atoms with van der Waals surface area (Å²) in [4.78, 5) is 10.3. The Hall–Kier alpha value is -1.04. The Balaban J connectivity index is 3.69. The highest BCUT2D eigenvalue weighted by Crippen LogP contribution is 2.17. The van der Waals surface area contributed by atoms with Crippen LogP contribution in [0, 0.1) is 0 Å². The fourth-order valence-electron chi connectivity index (χ4n) is 0.897. The van der Waals surface area contributed by atoms with Crippen LogP contribution in [0.2, 0.25) is 0 Å². The molecule has 0 aromatic carbocycles. The highest BCUT2D eigenvalue weighted by molar-refractivity contribution is 5.75. The van der Waals surface area contributed by atoms with Crippen molar-refractivity contribution < 1.29 is 22.7 Å². The van der Waals surface area contributed by atoms with Crippen LogP contribution in [0.5, 0.6) is 0 Å². The number of alkyl halides is 3. The molecule has 0 aliphatic rings. The number of ether oxygens (including phenoxy) is 1. The predicted octanol–water partition coefficient (Wildman–Crippen LogP) is 2.12. The molecule has 0 radical (unpaired) electrons. The summed E-state index contributed by atoms with van der Waals surface area (Å²) < 4.78 is 39.1. The highest BCUT2D eigenvalue weighted by Gasteiger charge is 2.41. The molecule has 1 unspecified atom stereocenters. The average Bonchev–Trinajstić information content (AvgIpc) is 2.11. The van der Waals surface area contributed by atoms with Gasteiger partial charge in [0.15, 0.2) is 6.23 Å². The highest BCUT2D eigenvalue weighted by atomic mass is 19.4. The number of hydrogen-bond donors (Lipinski definition) is 1. The van der Waals surface area contributed by atoms with Crippen molar-refractivity contribution >= 4 is 5.97 Å². The lowest BCUT2D eigenvalue weighted by Crippen LogP contribution is -2.34. The number of carbonyl (C=O) groups is 1. The Bertz CT molecular complexity index is 216. The van der Waals surface area contributed by atoms with Crippen LogP contribution in [-0.2, 0) is 9.53 Å². The molecule has 88 valence electrons. The molecule has 6 heteroatoms. The van der Waals surface area contributed by atoms with E-state index < -0.39 is 18.4 Å². The van der Waals surface area contributed by atoms with Crippen molar-refractivity contribution in [1.82, 2.24) is 0 Å². The van der Waals surface area contributed by atoms with Gasteiger partial charge in [0.25, 0.3) is 0 Å². The maximum Gasteiger partial charge on any atom is 0.490 e. The first-order valence-electron chi connectivity index (χ1n) is 4.52. The first-order chi connectivity index (χ1) is 6.88. The van der Waals surface area contributed by atoms with Crippen LogP contribution in [0.15, 0.2) is 12.7 Å². The Kier molecular flexibility index (Phi) is 6.00. The van der Waals surface area contributed by atoms with Crippen molar-refractivity contribution in [2.24, 2.45) is 5.73 Å². The molecule has 2 N–H and O–H groups in total. The van der Waals surface area contributed by atoms with Gasteiger partial charge in [0.05, 0.1) is 0 Å². The largest absolute Gasteiger partial charge is 0.490 e. The van der Waals surface area contributed by atoms with Crippen LogP contribution in [0.1, 0.15) is 25.7 Å². The monoisotopic (exact) mass is 225 g/mol. The van der Waals surface area contributed by atoms with E-state index in [1.165, 1.54) is 0 Å². The maximum atomic E-state index is 11.7. The number of hydrogen-bond acceptors (Lipinski definition) is 3. The normalized spacial score (nSPS) is 13.3. The van der Waals surface area contributed by atoms with Gasteiger partial charge in [-0.1, -0.05) is 6.08 Å². The van der Waals surface area contributed by atoms with Crippen molar-refractivity contribution in [3.8, 4) is 0 Å². The molecular weight excluding hydrogens is 211 g/mol. The molecule has 0 rings (SSSR count). The van der Waals surface area contributed by atoms with Gasteiger partial charge in [0.1, 0.15) is 0 Å². The topological polar surface area (TPSA) is 52.3 Å². The van der Waals surface area contributed by atoms with Crippen LogP contribution in [0.4, 0.5) is 13.2 Å². The van der Waals surface area contributed by atoms with E-state index in [0.717, 1.165) is 12.8 Å². The molecule has 15 heavy (non-hydrogen) atoms. The van der Waals surface area contributed by atoms with Crippen molar-refractivity contribution in [1.29, 1.82) is 0 Å². The lowest BCUT2D eigenvalue weighted by molar-refractivity contribution is -0.204. The van der Waals surface area contributed by atoms with E-state index in [1.54, 1.807) is 6.08 Å². The SMILES string of the molecule is C=CCCCCC(N)OC(=O)C(F)(F)F. The molecule has 0 heterocycles. The molecular formula is C9H14F3NO2. The molecule has 0 aromatic heterocycles. The molecule has 0 aromatic rings. The molecule has 0 bridgehead atoms. The second kappa shape index (κ2) is 6.44. The Morgan fingerprint density at radius 3 is 2.53 bits per heavy atom. The third-order valence-electron chi connectivity index (χ3n) is 1.64. The number of rotatable bonds is 6. The van der Waals surface area contributed by atoms with Gasteiger partial charge >= 0.3 is 12.1 Å². The zero-order chi connectivity index (χ0) is 11.9. The van der Waals surface area contributed by atoms with Gasteiger partial charge in [0, 0.05) is 0 Å². The zero-order valence-corrected chi connectivity index (χ0v) is 8.22. The minimum atomic E-state index is -4.97. The summed E-state index contributed by atoms with van der Waals surface area (Å²) in [6, 6.07) is 0. The van der Waals surface area contributed by atoms with Gasteiger partial charge in [-0.15, -0.1) is 6.58 Å². The first kappa shape index (κ1) is 14.0. The smallest absolute Gasteiger partial charge is 0.440 e. The van der Waals surface area contributed by atoms with E-state index in [0.29, 0.717) is 6.42 Å². The molecule has 0 amide bonds. The fourth-order valence-corrected chi connectivity index (χ4v) is 0.897. The summed E-state index contributed by atoms with van der Waals surface area (Å²) in [5.74, 6) is -2.24. The zero-order valence-electron chi connectivity index (χ0n) is 8.22. The van der Waals surface area contributed by atoms with Crippen molar-refractivity contribution in [2.45, 2.75) is 38.1 Å². The second-order valence-electron chi connectivity index (χ2n) is 3.01. The molecule has 0 fully saturated rings. The maximum absolute atomic E-state index is 11.7. The van der Waals surface area contributed by atoms with Crippen LogP contribution in [-0.4, -0.2) is 18.4 Å². The van der Waals surface area contributed by atoms with Gasteiger partial charge in [-0.25, -0.2) is 4.79 Å². The summed E-state index contributed by atoms with van der Waals surface area (Å²) in [5, 5.41) is 0. The summed E-state index contributed by atoms with van der Waals surface area (Å²) in [6.45, 7) is 3.49. The molecule has 0 saturated heterocycles. The second-order valence-corrected chi connectivity index (χ2v) is 3.01. The summed E-state index contributed by atoms with van der Waals surface area (Å²) in [7, 11) is 0. The van der Waals surface area contributed by atoms with E-state index in [9.17, 15) is 18.0 Å². The van der Waals surface area contributed by atoms with Gasteiger partial charge in [-0.2, -0.15) is 13.2 Å². The number of nitrogens with two attached hydrogens (primary N) is 1. The van der Waals surface area contributed by atoms with Crippen LogP contribution < -0.4 is 5.73 Å². The average molecular weight is 225 g/mol. The molecule has 0 aliphatic heterocycles. The van der Waals surface area contributed by atoms with Crippen LogP contribution >= 0.6 is 0 Å². The Morgan fingerprint density at radius 2 is 2.07 bits per heavy atom. The lowest BCUT2D eigenvalue weighted by Gasteiger charge is -2.13. The third-order valence-corrected chi connectivity index (χ3v) is 1.64. The van der Waals surface area contributed by atoms with Crippen LogP contribution in [0.25, 0.3) is 0 Å². The molecule has 0 spiro atoms. The van der Waals surface area contributed by atoms with Crippen molar-refractivity contribution in [3.63, 3.8) is 0 Å². The van der Waals surface area contributed by atoms with Gasteiger partial charge in [0.2, 0.25) is 0 Å². The molecule has 1 atom stereocenters. The van der Waals surface area contributed by atoms with Gasteiger partial charge in [-0.05, 0) is 25.7 Å². The quantitative estimate of drug-likeness (QED) is 0.326. The van der Waals surface area contributed by atoms with Crippen molar-refractivity contribution in [3.05, 3.63) is 12.7 Å². The minimum absolute atomic E-state index is 0.218. The first-order valence-corrected chi connectivity index (χ1v) is 4.52. The number of esters is 1. The lowest BCUT2D eigenvalue weighted by atomic mass is 10.2. The van der Waals surface area contributed by atoms with Crippen LogP contribution in [0.3, 0.4) is 0 Å². The summed E-state index contributed by atoms with van der Waals surface area (Å²) in [6.07, 6.45) is -2.12. The Morgan fingerprint density at radius 1 is 1.47 bits per heavy atom. The van der Waals surface area contributed by atoms with E-state index in [2.05, 4.69) is 11.3 Å². The summed E-state index contributed by atoms with van der Waals surface area (Å²) in [5.41, 5.74) is 5.18. The van der Waals surface area contributed by atoms with Gasteiger partial charge < -0.3 is 4.74 Å². The number of unbranched alkanes of at least 4 members (excludes halogenated alkanes) is 2. The number of halogens is 3. The third kappa shape index (κ3) is 6.96. The van der Waals surface area contributed by atoms with Crippen molar-refractivity contribution in [2.75, 3.05) is 0 Å². The Labute approximate surface area is 86.1 Å².